The molecule has 1 unspecified atom stereocenters. The van der Waals surface area contributed by atoms with Gasteiger partial charge in [-0.2, -0.15) is 0 Å². The van der Waals surface area contributed by atoms with Crippen molar-refractivity contribution in [3.63, 3.8) is 0 Å². The highest BCUT2D eigenvalue weighted by Crippen LogP contribution is 2.25. The molecule has 0 spiro atoms. The van der Waals surface area contributed by atoms with Crippen LogP contribution in [-0.4, -0.2) is 25.7 Å². The Hall–Kier alpha value is -1.71. The number of hydrogen-bond acceptors (Lipinski definition) is 4. The number of methoxy groups -OCH3 is 1. The van der Waals surface area contributed by atoms with E-state index in [4.69, 9.17) is 9.47 Å². The third-order valence-corrected chi connectivity index (χ3v) is 2.63. The number of benzene rings is 1. The zero-order valence-electron chi connectivity index (χ0n) is 11.4. The summed E-state index contributed by atoms with van der Waals surface area (Å²) in [6.45, 7) is 6.14. The highest BCUT2D eigenvalue weighted by Gasteiger charge is 2.24. The highest BCUT2D eigenvalue weighted by molar-refractivity contribution is 5.80. The van der Waals surface area contributed by atoms with Crippen molar-refractivity contribution in [1.82, 2.24) is 0 Å². The molecule has 18 heavy (non-hydrogen) atoms. The minimum atomic E-state index is -0.374. The van der Waals surface area contributed by atoms with Crippen LogP contribution in [0.25, 0.3) is 0 Å². The van der Waals surface area contributed by atoms with Gasteiger partial charge in [-0.25, -0.2) is 4.79 Å². The zero-order chi connectivity index (χ0) is 13.5. The summed E-state index contributed by atoms with van der Waals surface area (Å²) in [4.78, 5) is 11.9. The van der Waals surface area contributed by atoms with E-state index >= 15 is 0 Å². The number of ether oxygens (including phenoxy) is 2. The SMILES string of the molecule is CCOC(=O)C(Nc1ccccc1OC)C(C)C. The lowest BCUT2D eigenvalue weighted by Crippen LogP contribution is -2.36. The van der Waals surface area contributed by atoms with Gasteiger partial charge >= 0.3 is 5.97 Å². The molecular formula is C14H21NO3. The summed E-state index contributed by atoms with van der Waals surface area (Å²) in [6, 6.07) is 7.14. The molecular weight excluding hydrogens is 230 g/mol. The van der Waals surface area contributed by atoms with Crippen LogP contribution < -0.4 is 10.1 Å². The zero-order valence-corrected chi connectivity index (χ0v) is 11.4. The number of nitrogens with one attached hydrogen (secondary N) is 1. The van der Waals surface area contributed by atoms with Crippen molar-refractivity contribution in [3.05, 3.63) is 24.3 Å². The van der Waals surface area contributed by atoms with E-state index in [9.17, 15) is 4.79 Å². The summed E-state index contributed by atoms with van der Waals surface area (Å²) in [5.74, 6) is 0.611. The van der Waals surface area contributed by atoms with E-state index < -0.39 is 0 Å². The van der Waals surface area contributed by atoms with Crippen molar-refractivity contribution in [2.24, 2.45) is 5.92 Å². The number of para-hydroxylation sites is 2. The van der Waals surface area contributed by atoms with Gasteiger partial charge in [0, 0.05) is 0 Å². The third kappa shape index (κ3) is 3.65. The van der Waals surface area contributed by atoms with E-state index in [0.29, 0.717) is 12.4 Å². The summed E-state index contributed by atoms with van der Waals surface area (Å²) in [7, 11) is 1.61. The maximum absolute atomic E-state index is 11.9. The first-order valence-corrected chi connectivity index (χ1v) is 6.16. The Bertz CT molecular complexity index is 390. The Kier molecular flexibility index (Phi) is 5.49. The normalized spacial score (nSPS) is 12.1. The number of carbonyl (C=O) groups is 1. The summed E-state index contributed by atoms with van der Waals surface area (Å²) >= 11 is 0. The number of rotatable bonds is 6. The van der Waals surface area contributed by atoms with Crippen LogP contribution in [0.3, 0.4) is 0 Å². The molecule has 1 atom stereocenters. The Morgan fingerprint density at radius 1 is 1.33 bits per heavy atom. The minimum absolute atomic E-state index is 0.133. The van der Waals surface area contributed by atoms with Gasteiger partial charge in [-0.1, -0.05) is 26.0 Å². The molecule has 1 aromatic rings. The van der Waals surface area contributed by atoms with Gasteiger partial charge in [0.1, 0.15) is 11.8 Å². The molecule has 100 valence electrons. The first-order valence-electron chi connectivity index (χ1n) is 6.16. The topological polar surface area (TPSA) is 47.6 Å². The van der Waals surface area contributed by atoms with Crippen molar-refractivity contribution < 1.29 is 14.3 Å². The Balaban J connectivity index is 2.86. The van der Waals surface area contributed by atoms with Crippen LogP contribution in [0.4, 0.5) is 5.69 Å². The molecule has 0 saturated heterocycles. The van der Waals surface area contributed by atoms with E-state index in [1.807, 2.05) is 38.1 Å². The van der Waals surface area contributed by atoms with Gasteiger partial charge in [0.05, 0.1) is 19.4 Å². The van der Waals surface area contributed by atoms with E-state index in [2.05, 4.69) is 5.32 Å². The van der Waals surface area contributed by atoms with Crippen LogP contribution >= 0.6 is 0 Å². The maximum Gasteiger partial charge on any atom is 0.328 e. The van der Waals surface area contributed by atoms with Gasteiger partial charge in [0.2, 0.25) is 0 Å². The molecule has 0 radical (unpaired) electrons. The Morgan fingerprint density at radius 2 is 2.00 bits per heavy atom. The summed E-state index contributed by atoms with van der Waals surface area (Å²) in [6.07, 6.45) is 0. The molecule has 4 nitrogen and oxygen atoms in total. The maximum atomic E-state index is 11.9. The van der Waals surface area contributed by atoms with E-state index in [1.54, 1.807) is 14.0 Å². The van der Waals surface area contributed by atoms with E-state index in [1.165, 1.54) is 0 Å². The van der Waals surface area contributed by atoms with Crippen LogP contribution in [0, 0.1) is 5.92 Å². The number of hydrogen-bond donors (Lipinski definition) is 1. The lowest BCUT2D eigenvalue weighted by Gasteiger charge is -2.22. The molecule has 0 fully saturated rings. The van der Waals surface area contributed by atoms with E-state index in [-0.39, 0.29) is 17.9 Å². The fraction of sp³-hybridized carbons (Fsp3) is 0.500. The Morgan fingerprint density at radius 3 is 2.56 bits per heavy atom. The molecule has 0 aromatic heterocycles. The van der Waals surface area contributed by atoms with Gasteiger partial charge in [-0.15, -0.1) is 0 Å². The van der Waals surface area contributed by atoms with Crippen molar-refractivity contribution in [2.75, 3.05) is 19.0 Å². The summed E-state index contributed by atoms with van der Waals surface area (Å²) in [5, 5.41) is 3.18. The first-order chi connectivity index (χ1) is 8.60. The molecule has 1 N–H and O–H groups in total. The van der Waals surface area contributed by atoms with E-state index in [0.717, 1.165) is 5.69 Å². The molecule has 0 heterocycles. The molecule has 0 amide bonds. The lowest BCUT2D eigenvalue weighted by atomic mass is 10.0. The van der Waals surface area contributed by atoms with Gasteiger partial charge < -0.3 is 14.8 Å². The fourth-order valence-electron chi connectivity index (χ4n) is 1.66. The quantitative estimate of drug-likeness (QED) is 0.790. The molecule has 0 aliphatic carbocycles. The summed E-state index contributed by atoms with van der Waals surface area (Å²) in [5.41, 5.74) is 0.798. The molecule has 0 aliphatic rings. The predicted molar refractivity (Wildman–Crippen MR) is 71.9 cm³/mol. The average molecular weight is 251 g/mol. The Labute approximate surface area is 108 Å². The third-order valence-electron chi connectivity index (χ3n) is 2.63. The molecule has 4 heteroatoms. The van der Waals surface area contributed by atoms with Crippen molar-refractivity contribution in [1.29, 1.82) is 0 Å². The second kappa shape index (κ2) is 6.89. The van der Waals surface area contributed by atoms with Crippen LogP contribution in [0.15, 0.2) is 24.3 Å². The largest absolute Gasteiger partial charge is 0.495 e. The monoisotopic (exact) mass is 251 g/mol. The standard InChI is InChI=1S/C14H21NO3/c1-5-18-14(16)13(10(2)3)15-11-8-6-7-9-12(11)17-4/h6-10,13,15H,5H2,1-4H3. The van der Waals surface area contributed by atoms with Crippen LogP contribution in [0.2, 0.25) is 0 Å². The molecule has 1 rings (SSSR count). The van der Waals surface area contributed by atoms with Crippen LogP contribution in [0.5, 0.6) is 5.75 Å². The van der Waals surface area contributed by atoms with Gasteiger partial charge in [-0.05, 0) is 25.0 Å². The number of carbonyl (C=O) groups excluding carboxylic acids is 1. The van der Waals surface area contributed by atoms with Gasteiger partial charge in [-0.3, -0.25) is 0 Å². The molecule has 0 aliphatic heterocycles. The fourth-order valence-corrected chi connectivity index (χ4v) is 1.66. The van der Waals surface area contributed by atoms with Crippen molar-refractivity contribution in [3.8, 4) is 5.75 Å². The van der Waals surface area contributed by atoms with Gasteiger partial charge in [0.25, 0.3) is 0 Å². The lowest BCUT2D eigenvalue weighted by molar-refractivity contribution is -0.145. The summed E-state index contributed by atoms with van der Waals surface area (Å²) < 4.78 is 10.3. The predicted octanol–water partition coefficient (Wildman–Crippen LogP) is 2.69. The van der Waals surface area contributed by atoms with Gasteiger partial charge in [0.15, 0.2) is 0 Å². The second-order valence-electron chi connectivity index (χ2n) is 4.32. The minimum Gasteiger partial charge on any atom is -0.495 e. The molecule has 1 aromatic carbocycles. The average Bonchev–Trinajstić information content (AvgIpc) is 2.36. The van der Waals surface area contributed by atoms with Crippen LogP contribution in [-0.2, 0) is 9.53 Å². The van der Waals surface area contributed by atoms with Crippen molar-refractivity contribution in [2.45, 2.75) is 26.8 Å². The van der Waals surface area contributed by atoms with Crippen LogP contribution in [0.1, 0.15) is 20.8 Å². The first kappa shape index (κ1) is 14.4. The number of anilines is 1. The highest BCUT2D eigenvalue weighted by atomic mass is 16.5. The number of esters is 1. The van der Waals surface area contributed by atoms with Crippen molar-refractivity contribution >= 4 is 11.7 Å². The molecule has 0 saturated carbocycles. The molecule has 0 bridgehead atoms. The smallest absolute Gasteiger partial charge is 0.328 e. The second-order valence-corrected chi connectivity index (χ2v) is 4.32.